The summed E-state index contributed by atoms with van der Waals surface area (Å²) in [5.74, 6) is -0.132. The number of aryl methyl sites for hydroxylation is 1. The fourth-order valence-corrected chi connectivity index (χ4v) is 2.85. The van der Waals surface area contributed by atoms with Crippen molar-refractivity contribution < 1.29 is 9.50 Å². The van der Waals surface area contributed by atoms with Gasteiger partial charge in [-0.1, -0.05) is 19.1 Å². The molecule has 0 saturated carbocycles. The molecule has 1 N–H and O–H groups in total. The molecule has 1 aliphatic heterocycles. The molecule has 1 aromatic rings. The summed E-state index contributed by atoms with van der Waals surface area (Å²) in [7, 11) is 0. The van der Waals surface area contributed by atoms with Crippen LogP contribution < -0.4 is 0 Å². The highest BCUT2D eigenvalue weighted by molar-refractivity contribution is 5.23. The number of benzene rings is 1. The molecule has 1 unspecified atom stereocenters. The predicted octanol–water partition coefficient (Wildman–Crippen LogP) is 2.02. The van der Waals surface area contributed by atoms with Crippen LogP contribution in [-0.2, 0) is 6.54 Å². The molecule has 0 bridgehead atoms. The summed E-state index contributed by atoms with van der Waals surface area (Å²) in [6, 6.07) is 5.66. The van der Waals surface area contributed by atoms with Crippen LogP contribution in [-0.4, -0.2) is 53.7 Å². The number of aliphatic hydroxyl groups excluding tert-OH is 1. The van der Waals surface area contributed by atoms with Crippen LogP contribution in [0.2, 0.25) is 0 Å². The van der Waals surface area contributed by atoms with Gasteiger partial charge in [-0.15, -0.1) is 0 Å². The molecule has 1 atom stereocenters. The third kappa shape index (κ3) is 3.78. The minimum absolute atomic E-state index is 0.132. The van der Waals surface area contributed by atoms with E-state index in [1.165, 1.54) is 5.56 Å². The first-order chi connectivity index (χ1) is 9.63. The van der Waals surface area contributed by atoms with Crippen molar-refractivity contribution in [1.82, 2.24) is 9.80 Å². The Balaban J connectivity index is 1.86. The van der Waals surface area contributed by atoms with E-state index in [0.717, 1.165) is 39.1 Å². The molecule has 0 radical (unpaired) electrons. The zero-order valence-corrected chi connectivity index (χ0v) is 12.5. The summed E-state index contributed by atoms with van der Waals surface area (Å²) in [6.07, 6.45) is 0.994. The molecule has 112 valence electrons. The van der Waals surface area contributed by atoms with Crippen LogP contribution >= 0.6 is 0 Å². The minimum Gasteiger partial charge on any atom is -0.395 e. The van der Waals surface area contributed by atoms with Gasteiger partial charge < -0.3 is 5.11 Å². The Bertz CT molecular complexity index is 426. The van der Waals surface area contributed by atoms with Crippen molar-refractivity contribution >= 4 is 0 Å². The number of aliphatic hydroxyl groups is 1. The van der Waals surface area contributed by atoms with Gasteiger partial charge in [-0.2, -0.15) is 0 Å². The Labute approximate surface area is 121 Å². The first-order valence-electron chi connectivity index (χ1n) is 7.46. The summed E-state index contributed by atoms with van der Waals surface area (Å²) in [6.45, 7) is 9.06. The van der Waals surface area contributed by atoms with Gasteiger partial charge >= 0.3 is 0 Å². The average molecular weight is 280 g/mol. The monoisotopic (exact) mass is 280 g/mol. The lowest BCUT2D eigenvalue weighted by Crippen LogP contribution is -2.50. The number of hydrogen-bond acceptors (Lipinski definition) is 3. The van der Waals surface area contributed by atoms with Crippen molar-refractivity contribution in [3.8, 4) is 0 Å². The minimum atomic E-state index is -0.132. The lowest BCUT2D eigenvalue weighted by Gasteiger charge is -2.38. The van der Waals surface area contributed by atoms with Gasteiger partial charge in [0.05, 0.1) is 6.61 Å². The van der Waals surface area contributed by atoms with Crippen LogP contribution in [0.5, 0.6) is 0 Å². The van der Waals surface area contributed by atoms with Gasteiger partial charge in [-0.05, 0) is 30.5 Å². The molecule has 1 saturated heterocycles. The molecule has 1 aromatic carbocycles. The van der Waals surface area contributed by atoms with E-state index in [0.29, 0.717) is 11.6 Å². The Hall–Kier alpha value is -0.970. The van der Waals surface area contributed by atoms with Crippen LogP contribution in [0.25, 0.3) is 0 Å². The molecule has 3 nitrogen and oxygen atoms in total. The lowest BCUT2D eigenvalue weighted by atomic mass is 10.1. The maximum atomic E-state index is 13.3. The van der Waals surface area contributed by atoms with Crippen molar-refractivity contribution in [3.05, 3.63) is 35.1 Å². The van der Waals surface area contributed by atoms with Crippen molar-refractivity contribution in [1.29, 1.82) is 0 Å². The third-order valence-corrected chi connectivity index (χ3v) is 4.23. The SMILES string of the molecule is CCC(CO)N1CCN(Cc2ccc(F)c(C)c2)CC1. The summed E-state index contributed by atoms with van der Waals surface area (Å²) in [5, 5.41) is 9.35. The van der Waals surface area contributed by atoms with Gasteiger partial charge in [-0.25, -0.2) is 4.39 Å². The normalized spacial score (nSPS) is 19.2. The van der Waals surface area contributed by atoms with Crippen molar-refractivity contribution in [3.63, 3.8) is 0 Å². The molecule has 0 amide bonds. The highest BCUT2D eigenvalue weighted by atomic mass is 19.1. The predicted molar refractivity (Wildman–Crippen MR) is 79.2 cm³/mol. The van der Waals surface area contributed by atoms with Crippen molar-refractivity contribution in [2.45, 2.75) is 32.9 Å². The van der Waals surface area contributed by atoms with Gasteiger partial charge in [0.2, 0.25) is 0 Å². The molecule has 20 heavy (non-hydrogen) atoms. The maximum Gasteiger partial charge on any atom is 0.126 e. The van der Waals surface area contributed by atoms with Crippen LogP contribution in [0.3, 0.4) is 0 Å². The van der Waals surface area contributed by atoms with Crippen molar-refractivity contribution in [2.75, 3.05) is 32.8 Å². The summed E-state index contributed by atoms with van der Waals surface area (Å²) >= 11 is 0. The van der Waals surface area contributed by atoms with Crippen LogP contribution in [0.15, 0.2) is 18.2 Å². The molecular weight excluding hydrogens is 255 g/mol. The standard InChI is InChI=1S/C16H25FN2O/c1-3-15(12-20)19-8-6-18(7-9-19)11-14-4-5-16(17)13(2)10-14/h4-5,10,15,20H,3,6-9,11-12H2,1-2H3. The Morgan fingerprint density at radius 1 is 1.25 bits per heavy atom. The Kier molecular flexibility index (Phi) is 5.52. The van der Waals surface area contributed by atoms with E-state index in [2.05, 4.69) is 16.7 Å². The lowest BCUT2D eigenvalue weighted by molar-refractivity contribution is 0.0608. The van der Waals surface area contributed by atoms with Gasteiger partial charge in [0.1, 0.15) is 5.82 Å². The largest absolute Gasteiger partial charge is 0.395 e. The van der Waals surface area contributed by atoms with E-state index in [4.69, 9.17) is 0 Å². The van der Waals surface area contributed by atoms with Crippen molar-refractivity contribution in [2.24, 2.45) is 0 Å². The van der Waals surface area contributed by atoms with E-state index in [-0.39, 0.29) is 12.4 Å². The molecule has 1 heterocycles. The first kappa shape index (κ1) is 15.4. The van der Waals surface area contributed by atoms with E-state index in [1.54, 1.807) is 6.07 Å². The fourth-order valence-electron chi connectivity index (χ4n) is 2.85. The van der Waals surface area contributed by atoms with Crippen LogP contribution in [0.1, 0.15) is 24.5 Å². The molecule has 0 spiro atoms. The molecule has 1 aliphatic rings. The highest BCUT2D eigenvalue weighted by Gasteiger charge is 2.22. The molecule has 0 aliphatic carbocycles. The van der Waals surface area contributed by atoms with E-state index >= 15 is 0 Å². The number of piperazine rings is 1. The average Bonchev–Trinajstić information content (AvgIpc) is 2.46. The van der Waals surface area contributed by atoms with E-state index in [1.807, 2.05) is 19.1 Å². The zero-order valence-electron chi connectivity index (χ0n) is 12.5. The molecule has 4 heteroatoms. The smallest absolute Gasteiger partial charge is 0.126 e. The summed E-state index contributed by atoms with van der Waals surface area (Å²) < 4.78 is 13.3. The number of rotatable bonds is 5. The molecular formula is C16H25FN2O. The molecule has 0 aromatic heterocycles. The second-order valence-electron chi connectivity index (χ2n) is 5.64. The second kappa shape index (κ2) is 7.16. The fraction of sp³-hybridized carbons (Fsp3) is 0.625. The molecule has 1 fully saturated rings. The van der Waals surface area contributed by atoms with E-state index in [9.17, 15) is 9.50 Å². The van der Waals surface area contributed by atoms with Gasteiger partial charge in [-0.3, -0.25) is 9.80 Å². The summed E-state index contributed by atoms with van der Waals surface area (Å²) in [5.41, 5.74) is 1.89. The Morgan fingerprint density at radius 2 is 1.95 bits per heavy atom. The quantitative estimate of drug-likeness (QED) is 0.894. The number of halogens is 1. The van der Waals surface area contributed by atoms with E-state index < -0.39 is 0 Å². The third-order valence-electron chi connectivity index (χ3n) is 4.23. The van der Waals surface area contributed by atoms with Crippen LogP contribution in [0.4, 0.5) is 4.39 Å². The second-order valence-corrected chi connectivity index (χ2v) is 5.64. The van der Waals surface area contributed by atoms with Crippen LogP contribution in [0, 0.1) is 12.7 Å². The first-order valence-corrected chi connectivity index (χ1v) is 7.46. The maximum absolute atomic E-state index is 13.3. The number of hydrogen-bond donors (Lipinski definition) is 1. The Morgan fingerprint density at radius 3 is 2.50 bits per heavy atom. The number of nitrogens with zero attached hydrogens (tertiary/aromatic N) is 2. The van der Waals surface area contributed by atoms with Gasteiger partial charge in [0.15, 0.2) is 0 Å². The summed E-state index contributed by atoms with van der Waals surface area (Å²) in [4.78, 5) is 4.76. The van der Waals surface area contributed by atoms with Gasteiger partial charge in [0.25, 0.3) is 0 Å². The highest BCUT2D eigenvalue weighted by Crippen LogP contribution is 2.14. The van der Waals surface area contributed by atoms with Gasteiger partial charge in [0, 0.05) is 38.8 Å². The zero-order chi connectivity index (χ0) is 14.5. The molecule has 2 rings (SSSR count). The topological polar surface area (TPSA) is 26.7 Å².